The SMILES string of the molecule is CC(C)[C@@H](NC(=O)CCCCNC(=O)CCl)C(=O)C[C@H](CCCNC(N)=O)C(=O)Nc1ccc(COC(=O)C(C)(C)C)cc1. The number of hydrogen-bond donors (Lipinski definition) is 5. The predicted molar refractivity (Wildman–Crippen MR) is 169 cm³/mol. The van der Waals surface area contributed by atoms with E-state index in [2.05, 4.69) is 21.3 Å². The molecule has 0 aliphatic carbocycles. The summed E-state index contributed by atoms with van der Waals surface area (Å²) < 4.78 is 5.33. The molecule has 246 valence electrons. The molecule has 0 aliphatic heterocycles. The molecule has 1 aromatic rings. The molecule has 0 aliphatic rings. The number of hydrogen-bond acceptors (Lipinski definition) is 7. The first-order valence-corrected chi connectivity index (χ1v) is 15.4. The number of esters is 1. The number of ether oxygens (including phenoxy) is 1. The van der Waals surface area contributed by atoms with Crippen LogP contribution in [0.15, 0.2) is 24.3 Å². The number of alkyl halides is 1. The van der Waals surface area contributed by atoms with Gasteiger partial charge in [-0.2, -0.15) is 0 Å². The van der Waals surface area contributed by atoms with Gasteiger partial charge in [0.2, 0.25) is 17.7 Å². The zero-order valence-corrected chi connectivity index (χ0v) is 27.2. The maximum absolute atomic E-state index is 13.4. The van der Waals surface area contributed by atoms with E-state index in [1.165, 1.54) is 0 Å². The molecule has 0 saturated carbocycles. The molecule has 0 radical (unpaired) electrons. The largest absolute Gasteiger partial charge is 0.460 e. The number of unbranched alkanes of at least 4 members (excludes halogenated alkanes) is 1. The van der Waals surface area contributed by atoms with Crippen molar-refractivity contribution in [3.05, 3.63) is 29.8 Å². The third kappa shape index (κ3) is 15.7. The van der Waals surface area contributed by atoms with Gasteiger partial charge >= 0.3 is 12.0 Å². The molecule has 0 aromatic heterocycles. The number of urea groups is 1. The molecule has 44 heavy (non-hydrogen) atoms. The lowest BCUT2D eigenvalue weighted by Crippen LogP contribution is -2.45. The van der Waals surface area contributed by atoms with Crippen LogP contribution in [0.5, 0.6) is 0 Å². The van der Waals surface area contributed by atoms with Crippen molar-refractivity contribution in [2.45, 2.75) is 85.8 Å². The number of carbonyl (C=O) groups is 6. The second kappa shape index (κ2) is 19.6. The maximum Gasteiger partial charge on any atom is 0.312 e. The maximum atomic E-state index is 13.4. The number of nitrogens with one attached hydrogen (secondary N) is 4. The molecule has 0 bridgehead atoms. The van der Waals surface area contributed by atoms with Gasteiger partial charge in [0.05, 0.1) is 11.5 Å². The highest BCUT2D eigenvalue weighted by atomic mass is 35.5. The van der Waals surface area contributed by atoms with Gasteiger partial charge < -0.3 is 31.7 Å². The van der Waals surface area contributed by atoms with Gasteiger partial charge in [-0.1, -0.05) is 26.0 Å². The van der Waals surface area contributed by atoms with E-state index in [4.69, 9.17) is 22.1 Å². The van der Waals surface area contributed by atoms with Gasteiger partial charge in [-0.15, -0.1) is 11.6 Å². The van der Waals surface area contributed by atoms with Crippen LogP contribution in [0.3, 0.4) is 0 Å². The summed E-state index contributed by atoms with van der Waals surface area (Å²) in [6.45, 7) is 9.69. The molecule has 0 spiro atoms. The lowest BCUT2D eigenvalue weighted by Gasteiger charge is -2.24. The van der Waals surface area contributed by atoms with Gasteiger partial charge in [-0.05, 0) is 70.1 Å². The van der Waals surface area contributed by atoms with E-state index in [-0.39, 0.29) is 67.3 Å². The Kier molecular flexibility index (Phi) is 17.1. The number of rotatable bonds is 19. The number of halogens is 1. The fraction of sp³-hybridized carbons (Fsp3) is 0.613. The van der Waals surface area contributed by atoms with Crippen LogP contribution in [0.25, 0.3) is 0 Å². The number of anilines is 1. The van der Waals surface area contributed by atoms with Crippen LogP contribution in [0, 0.1) is 17.3 Å². The Morgan fingerprint density at radius 2 is 1.55 bits per heavy atom. The van der Waals surface area contributed by atoms with Crippen LogP contribution in [-0.4, -0.2) is 60.5 Å². The van der Waals surface area contributed by atoms with Crippen molar-refractivity contribution < 1.29 is 33.5 Å². The molecule has 2 atom stereocenters. The van der Waals surface area contributed by atoms with Crippen LogP contribution < -0.4 is 27.0 Å². The van der Waals surface area contributed by atoms with Crippen molar-refractivity contribution >= 4 is 52.8 Å². The average Bonchev–Trinajstić information content (AvgIpc) is 2.95. The first-order valence-electron chi connectivity index (χ1n) is 14.9. The quantitative estimate of drug-likeness (QED) is 0.0873. The van der Waals surface area contributed by atoms with Crippen molar-refractivity contribution in [2.75, 3.05) is 24.3 Å². The van der Waals surface area contributed by atoms with Gasteiger partial charge in [0.1, 0.15) is 12.5 Å². The van der Waals surface area contributed by atoms with Crippen molar-refractivity contribution in [3.63, 3.8) is 0 Å². The molecule has 1 rings (SSSR count). The Labute approximate surface area is 264 Å². The van der Waals surface area contributed by atoms with E-state index in [1.54, 1.807) is 45.0 Å². The molecule has 5 amide bonds. The molecule has 12 nitrogen and oxygen atoms in total. The predicted octanol–water partition coefficient (Wildman–Crippen LogP) is 3.40. The van der Waals surface area contributed by atoms with Crippen LogP contribution in [0.2, 0.25) is 0 Å². The Bertz CT molecular complexity index is 1120. The van der Waals surface area contributed by atoms with E-state index in [1.807, 2.05) is 13.8 Å². The molecular formula is C31H48ClN5O7. The van der Waals surface area contributed by atoms with Crippen LogP contribution in [-0.2, 0) is 35.3 Å². The summed E-state index contributed by atoms with van der Waals surface area (Å²) in [6.07, 6.45) is 1.87. The van der Waals surface area contributed by atoms with Gasteiger partial charge in [-0.3, -0.25) is 24.0 Å². The number of benzene rings is 1. The minimum absolute atomic E-state index is 0.0984. The number of Topliss-reactive ketones (excluding diaryl/α,β-unsaturated/α-hetero) is 1. The number of amides is 5. The molecular weight excluding hydrogens is 590 g/mol. The molecule has 0 saturated heterocycles. The average molecular weight is 638 g/mol. The standard InChI is InChI=1S/C31H48ClN5O7/c1-20(2)27(37-25(39)10-6-7-15-34-26(40)18-32)24(38)17-22(9-8-16-35-30(33)43)28(41)36-23-13-11-21(12-14-23)19-44-29(42)31(3,4)5/h11-14,20,22,27H,6-10,15-19H2,1-5H3,(H,34,40)(H,36,41)(H,37,39)(H3,33,35,43)/t22-,27+/m0/s1. The fourth-order valence-corrected chi connectivity index (χ4v) is 4.19. The highest BCUT2D eigenvalue weighted by Gasteiger charge is 2.29. The molecule has 0 heterocycles. The van der Waals surface area contributed by atoms with E-state index in [0.717, 1.165) is 5.56 Å². The fourth-order valence-electron chi connectivity index (χ4n) is 4.10. The Morgan fingerprint density at radius 1 is 0.909 bits per heavy atom. The minimum Gasteiger partial charge on any atom is -0.460 e. The van der Waals surface area contributed by atoms with Crippen molar-refractivity contribution in [1.29, 1.82) is 0 Å². The lowest BCUT2D eigenvalue weighted by atomic mass is 9.89. The topological polar surface area (TPSA) is 186 Å². The second-order valence-electron chi connectivity index (χ2n) is 12.0. The summed E-state index contributed by atoms with van der Waals surface area (Å²) in [5.74, 6) is -2.61. The summed E-state index contributed by atoms with van der Waals surface area (Å²) in [7, 11) is 0. The zero-order valence-electron chi connectivity index (χ0n) is 26.4. The van der Waals surface area contributed by atoms with Gasteiger partial charge in [0.25, 0.3) is 0 Å². The Balaban J connectivity index is 2.83. The third-order valence-electron chi connectivity index (χ3n) is 6.65. The number of ketones is 1. The normalized spacial score (nSPS) is 12.5. The molecule has 0 unspecified atom stereocenters. The molecule has 1 aromatic carbocycles. The van der Waals surface area contributed by atoms with Gasteiger partial charge in [0.15, 0.2) is 5.78 Å². The molecule has 6 N–H and O–H groups in total. The first kappa shape index (κ1) is 38.4. The Hall–Kier alpha value is -3.67. The van der Waals surface area contributed by atoms with Crippen molar-refractivity contribution in [1.82, 2.24) is 16.0 Å². The van der Waals surface area contributed by atoms with E-state index >= 15 is 0 Å². The van der Waals surface area contributed by atoms with Crippen LogP contribution in [0.1, 0.15) is 78.7 Å². The van der Waals surface area contributed by atoms with Crippen LogP contribution in [0.4, 0.5) is 10.5 Å². The van der Waals surface area contributed by atoms with Gasteiger partial charge in [-0.25, -0.2) is 4.79 Å². The summed E-state index contributed by atoms with van der Waals surface area (Å²) in [4.78, 5) is 73.6. The summed E-state index contributed by atoms with van der Waals surface area (Å²) >= 11 is 5.44. The van der Waals surface area contributed by atoms with E-state index < -0.39 is 23.4 Å². The number of nitrogens with two attached hydrogens (primary N) is 1. The number of carbonyl (C=O) groups excluding carboxylic acids is 6. The lowest BCUT2D eigenvalue weighted by molar-refractivity contribution is -0.154. The van der Waals surface area contributed by atoms with Gasteiger partial charge in [0, 0.05) is 37.5 Å². The first-order chi connectivity index (χ1) is 20.6. The van der Waals surface area contributed by atoms with Crippen molar-refractivity contribution in [2.24, 2.45) is 23.0 Å². The Morgan fingerprint density at radius 3 is 2.11 bits per heavy atom. The summed E-state index contributed by atoms with van der Waals surface area (Å²) in [5.41, 5.74) is 5.78. The van der Waals surface area contributed by atoms with Crippen molar-refractivity contribution in [3.8, 4) is 0 Å². The molecule has 13 heteroatoms. The molecule has 0 fully saturated rings. The van der Waals surface area contributed by atoms with E-state index in [9.17, 15) is 28.8 Å². The number of primary amides is 1. The summed E-state index contributed by atoms with van der Waals surface area (Å²) in [6, 6.07) is 5.37. The van der Waals surface area contributed by atoms with Crippen LogP contribution >= 0.6 is 11.6 Å². The third-order valence-corrected chi connectivity index (χ3v) is 6.90. The minimum atomic E-state index is -0.785. The summed E-state index contributed by atoms with van der Waals surface area (Å²) in [5, 5.41) is 10.8. The van der Waals surface area contributed by atoms with E-state index in [0.29, 0.717) is 37.9 Å². The zero-order chi connectivity index (χ0) is 33.3. The smallest absolute Gasteiger partial charge is 0.312 e. The monoisotopic (exact) mass is 637 g/mol. The highest BCUT2D eigenvalue weighted by Crippen LogP contribution is 2.20. The highest BCUT2D eigenvalue weighted by molar-refractivity contribution is 6.27. The second-order valence-corrected chi connectivity index (χ2v) is 12.3.